The normalized spacial score (nSPS) is 13.0. The lowest BCUT2D eigenvalue weighted by Crippen LogP contribution is -2.12. The number of nitrogens with zero attached hydrogens (tertiary/aromatic N) is 2. The standard InChI is InChI=1S/C23H25N3O2/c1-2-14-28-21-8-5-6-18(15-21)23(27)25-19-11-9-17(10-12-19)22-24-16-20-7-3-4-13-26(20)22/h5-6,8-12,15-16H,2-4,7,13-14H2,1H3,(H,25,27). The maximum atomic E-state index is 12.6. The Morgan fingerprint density at radius 3 is 2.86 bits per heavy atom. The molecule has 0 radical (unpaired) electrons. The molecule has 0 fully saturated rings. The van der Waals surface area contributed by atoms with Crippen molar-refractivity contribution in [3.63, 3.8) is 0 Å². The number of fused-ring (bicyclic) bond motifs is 1. The predicted molar refractivity (Wildman–Crippen MR) is 111 cm³/mol. The van der Waals surface area contributed by atoms with Gasteiger partial charge in [-0.3, -0.25) is 4.79 Å². The van der Waals surface area contributed by atoms with E-state index in [0.29, 0.717) is 17.9 Å². The molecule has 4 rings (SSSR count). The third-order valence-corrected chi connectivity index (χ3v) is 4.97. The molecular weight excluding hydrogens is 350 g/mol. The maximum Gasteiger partial charge on any atom is 0.255 e. The molecule has 2 aromatic carbocycles. The number of hydrogen-bond acceptors (Lipinski definition) is 3. The van der Waals surface area contributed by atoms with E-state index in [1.807, 2.05) is 42.6 Å². The highest BCUT2D eigenvalue weighted by Crippen LogP contribution is 2.26. The summed E-state index contributed by atoms with van der Waals surface area (Å²) in [6.45, 7) is 3.73. The zero-order valence-corrected chi connectivity index (χ0v) is 16.1. The van der Waals surface area contributed by atoms with E-state index in [-0.39, 0.29) is 5.91 Å². The van der Waals surface area contributed by atoms with Crippen molar-refractivity contribution in [3.8, 4) is 17.1 Å². The highest BCUT2D eigenvalue weighted by Gasteiger charge is 2.15. The fourth-order valence-corrected chi connectivity index (χ4v) is 3.52. The molecule has 5 nitrogen and oxygen atoms in total. The fraction of sp³-hybridized carbons (Fsp3) is 0.304. The van der Waals surface area contributed by atoms with Gasteiger partial charge in [0.05, 0.1) is 6.61 Å². The van der Waals surface area contributed by atoms with E-state index in [1.54, 1.807) is 12.1 Å². The summed E-state index contributed by atoms with van der Waals surface area (Å²) in [4.78, 5) is 17.2. The topological polar surface area (TPSA) is 56.1 Å². The van der Waals surface area contributed by atoms with Crippen LogP contribution in [-0.4, -0.2) is 22.1 Å². The van der Waals surface area contributed by atoms with E-state index in [4.69, 9.17) is 4.74 Å². The number of nitrogens with one attached hydrogen (secondary N) is 1. The number of imidazole rings is 1. The van der Waals surface area contributed by atoms with Crippen LogP contribution >= 0.6 is 0 Å². The van der Waals surface area contributed by atoms with Crippen LogP contribution in [0.4, 0.5) is 5.69 Å². The maximum absolute atomic E-state index is 12.6. The van der Waals surface area contributed by atoms with Crippen molar-refractivity contribution in [3.05, 3.63) is 66.0 Å². The van der Waals surface area contributed by atoms with Crippen LogP contribution < -0.4 is 10.1 Å². The summed E-state index contributed by atoms with van der Waals surface area (Å²) in [7, 11) is 0. The van der Waals surface area contributed by atoms with Crippen molar-refractivity contribution in [2.24, 2.45) is 0 Å². The Kier molecular flexibility index (Phi) is 5.42. The van der Waals surface area contributed by atoms with E-state index < -0.39 is 0 Å². The summed E-state index contributed by atoms with van der Waals surface area (Å²) in [6, 6.07) is 15.2. The van der Waals surface area contributed by atoms with Gasteiger partial charge >= 0.3 is 0 Å². The van der Waals surface area contributed by atoms with Crippen LogP contribution in [0, 0.1) is 0 Å². The van der Waals surface area contributed by atoms with Crippen LogP contribution in [0.3, 0.4) is 0 Å². The first kappa shape index (κ1) is 18.3. The summed E-state index contributed by atoms with van der Waals surface area (Å²) in [5, 5.41) is 2.95. The van der Waals surface area contributed by atoms with Crippen molar-refractivity contribution in [1.29, 1.82) is 0 Å². The lowest BCUT2D eigenvalue weighted by atomic mass is 10.1. The number of aryl methyl sites for hydroxylation is 1. The van der Waals surface area contributed by atoms with Crippen molar-refractivity contribution < 1.29 is 9.53 Å². The molecule has 0 unspecified atom stereocenters. The van der Waals surface area contributed by atoms with E-state index in [2.05, 4.69) is 21.8 Å². The number of carbonyl (C=O) groups is 1. The first-order chi connectivity index (χ1) is 13.7. The third-order valence-electron chi connectivity index (χ3n) is 4.97. The molecular formula is C23H25N3O2. The van der Waals surface area contributed by atoms with Crippen LogP contribution in [0.2, 0.25) is 0 Å². The van der Waals surface area contributed by atoms with Crippen molar-refractivity contribution in [2.45, 2.75) is 39.2 Å². The van der Waals surface area contributed by atoms with Gasteiger partial charge in [-0.25, -0.2) is 4.98 Å². The molecule has 1 amide bonds. The second kappa shape index (κ2) is 8.30. The molecule has 0 aliphatic carbocycles. The van der Waals surface area contributed by atoms with Gasteiger partial charge in [0.25, 0.3) is 5.91 Å². The van der Waals surface area contributed by atoms with Gasteiger partial charge in [0.15, 0.2) is 0 Å². The molecule has 1 aromatic heterocycles. The third kappa shape index (κ3) is 3.93. The molecule has 0 saturated heterocycles. The molecule has 28 heavy (non-hydrogen) atoms. The van der Waals surface area contributed by atoms with Gasteiger partial charge in [-0.15, -0.1) is 0 Å². The lowest BCUT2D eigenvalue weighted by molar-refractivity contribution is 0.102. The summed E-state index contributed by atoms with van der Waals surface area (Å²) in [5.41, 5.74) is 3.73. The van der Waals surface area contributed by atoms with Crippen molar-refractivity contribution >= 4 is 11.6 Å². The number of ether oxygens (including phenoxy) is 1. The minimum Gasteiger partial charge on any atom is -0.494 e. The second-order valence-electron chi connectivity index (χ2n) is 7.09. The zero-order chi connectivity index (χ0) is 19.3. The second-order valence-corrected chi connectivity index (χ2v) is 7.09. The molecule has 5 heteroatoms. The molecule has 0 saturated carbocycles. The van der Waals surface area contributed by atoms with Gasteiger partial charge < -0.3 is 14.6 Å². The number of aromatic nitrogens is 2. The predicted octanol–water partition coefficient (Wildman–Crippen LogP) is 4.93. The number of rotatable bonds is 6. The Balaban J connectivity index is 1.46. The number of benzene rings is 2. The van der Waals surface area contributed by atoms with Gasteiger partial charge in [-0.2, -0.15) is 0 Å². The summed E-state index contributed by atoms with van der Waals surface area (Å²) >= 11 is 0. The fourth-order valence-electron chi connectivity index (χ4n) is 3.52. The molecule has 1 aliphatic rings. The Morgan fingerprint density at radius 2 is 2.04 bits per heavy atom. The SMILES string of the molecule is CCCOc1cccc(C(=O)Nc2ccc(-c3ncc4n3CCCC4)cc2)c1. The average molecular weight is 375 g/mol. The number of carbonyl (C=O) groups excluding carboxylic acids is 1. The first-order valence-corrected chi connectivity index (χ1v) is 9.93. The van der Waals surface area contributed by atoms with Gasteiger partial charge in [0.2, 0.25) is 0 Å². The van der Waals surface area contributed by atoms with E-state index >= 15 is 0 Å². The average Bonchev–Trinajstić information content (AvgIpc) is 3.17. The van der Waals surface area contributed by atoms with Crippen LogP contribution in [0.5, 0.6) is 5.75 Å². The smallest absolute Gasteiger partial charge is 0.255 e. The molecule has 0 atom stereocenters. The molecule has 1 N–H and O–H groups in total. The highest BCUT2D eigenvalue weighted by atomic mass is 16.5. The Labute approximate surface area is 165 Å². The monoisotopic (exact) mass is 375 g/mol. The Hall–Kier alpha value is -3.08. The van der Waals surface area contributed by atoms with Crippen LogP contribution in [0.1, 0.15) is 42.2 Å². The molecule has 1 aliphatic heterocycles. The zero-order valence-electron chi connectivity index (χ0n) is 16.1. The van der Waals surface area contributed by atoms with Crippen LogP contribution in [-0.2, 0) is 13.0 Å². The van der Waals surface area contributed by atoms with Gasteiger partial charge in [-0.1, -0.05) is 13.0 Å². The quantitative estimate of drug-likeness (QED) is 0.665. The summed E-state index contributed by atoms with van der Waals surface area (Å²) in [5.74, 6) is 1.58. The minimum absolute atomic E-state index is 0.145. The van der Waals surface area contributed by atoms with Gasteiger partial charge in [0.1, 0.15) is 11.6 Å². The largest absolute Gasteiger partial charge is 0.494 e. The Bertz CT molecular complexity index is 960. The molecule has 2 heterocycles. The molecule has 0 bridgehead atoms. The summed E-state index contributed by atoms with van der Waals surface area (Å²) in [6.07, 6.45) is 6.45. The lowest BCUT2D eigenvalue weighted by Gasteiger charge is -2.16. The number of anilines is 1. The Morgan fingerprint density at radius 1 is 1.18 bits per heavy atom. The van der Waals surface area contributed by atoms with Gasteiger partial charge in [0, 0.05) is 35.2 Å². The van der Waals surface area contributed by atoms with Crippen LogP contribution in [0.25, 0.3) is 11.4 Å². The molecule has 3 aromatic rings. The first-order valence-electron chi connectivity index (χ1n) is 9.93. The van der Waals surface area contributed by atoms with E-state index in [9.17, 15) is 4.79 Å². The van der Waals surface area contributed by atoms with Gasteiger partial charge in [-0.05, 0) is 68.1 Å². The van der Waals surface area contributed by atoms with E-state index in [1.165, 1.54) is 18.5 Å². The van der Waals surface area contributed by atoms with Crippen molar-refractivity contribution in [1.82, 2.24) is 9.55 Å². The number of hydrogen-bond donors (Lipinski definition) is 1. The van der Waals surface area contributed by atoms with E-state index in [0.717, 1.165) is 36.5 Å². The minimum atomic E-state index is -0.145. The highest BCUT2D eigenvalue weighted by molar-refractivity contribution is 6.04. The van der Waals surface area contributed by atoms with Crippen LogP contribution in [0.15, 0.2) is 54.7 Å². The van der Waals surface area contributed by atoms with Crippen molar-refractivity contribution in [2.75, 3.05) is 11.9 Å². The number of amides is 1. The molecule has 144 valence electrons. The molecule has 0 spiro atoms. The summed E-state index contributed by atoms with van der Waals surface area (Å²) < 4.78 is 7.91.